The minimum atomic E-state index is -1.08. The Bertz CT molecular complexity index is 2140. The largest absolute Gasteiger partial charge is 0.491 e. The molecule has 5 aromatic rings. The molecule has 0 atom stereocenters. The first-order valence-electron chi connectivity index (χ1n) is 17.8. The van der Waals surface area contributed by atoms with Crippen LogP contribution in [-0.4, -0.2) is 57.5 Å². The molecular formula is C39H40FN7O3S2. The highest BCUT2D eigenvalue weighted by Crippen LogP contribution is 2.73. The van der Waals surface area contributed by atoms with Crippen molar-refractivity contribution >= 4 is 60.8 Å². The molecule has 2 bridgehead atoms. The van der Waals surface area contributed by atoms with Crippen molar-refractivity contribution in [2.75, 3.05) is 36.5 Å². The Labute approximate surface area is 309 Å². The van der Waals surface area contributed by atoms with Gasteiger partial charge in [0.1, 0.15) is 0 Å². The highest BCUT2D eigenvalue weighted by Gasteiger charge is 2.67. The Morgan fingerprint density at radius 1 is 1.13 bits per heavy atom. The van der Waals surface area contributed by atoms with E-state index in [1.165, 1.54) is 11.3 Å². The van der Waals surface area contributed by atoms with E-state index < -0.39 is 5.97 Å². The fraction of sp³-hybridized carbons (Fsp3) is 0.410. The molecule has 0 unspecified atom stereocenters. The number of aromatic carboxylic acids is 1. The molecule has 13 heteroatoms. The molecule has 3 aromatic heterocycles. The van der Waals surface area contributed by atoms with Crippen molar-refractivity contribution in [2.45, 2.75) is 70.1 Å². The second-order valence-corrected chi connectivity index (χ2v) is 16.4. The number of fused-ring (bicyclic) bond motifs is 2. The first-order valence-corrected chi connectivity index (χ1v) is 19.5. The number of hydrogen-bond acceptors (Lipinski definition) is 11. The number of carboxylic acid groups (broad SMARTS) is 1. The van der Waals surface area contributed by atoms with Crippen LogP contribution in [0.2, 0.25) is 0 Å². The SMILES string of the molecule is C#CCCCNCC12CC(c3ccc(OCCCc4sc(N5CCCc6c5nnc(Nc5nc7ccccc7s5)c6C)nc4C(=O)O)c(F)c3)(C1)C2. The molecule has 3 aliphatic carbocycles. The second-order valence-electron chi connectivity index (χ2n) is 14.3. The Hall–Kier alpha value is -4.64. The normalized spacial score (nSPS) is 20.1. The number of aryl methyl sites for hydroxylation is 1. The van der Waals surface area contributed by atoms with Gasteiger partial charge in [0.05, 0.1) is 16.8 Å². The van der Waals surface area contributed by atoms with Crippen molar-refractivity contribution in [1.29, 1.82) is 0 Å². The highest BCUT2D eigenvalue weighted by atomic mass is 32.1. The van der Waals surface area contributed by atoms with Crippen LogP contribution in [0.25, 0.3) is 10.2 Å². The molecule has 2 aromatic carbocycles. The summed E-state index contributed by atoms with van der Waals surface area (Å²) in [5.41, 5.74) is 4.47. The lowest BCUT2D eigenvalue weighted by molar-refractivity contribution is -0.137. The maximum Gasteiger partial charge on any atom is 0.355 e. The number of aromatic nitrogens is 4. The molecule has 9 rings (SSSR count). The van der Waals surface area contributed by atoms with E-state index in [-0.39, 0.29) is 29.3 Å². The molecule has 0 amide bonds. The van der Waals surface area contributed by atoms with E-state index in [1.807, 2.05) is 42.2 Å². The summed E-state index contributed by atoms with van der Waals surface area (Å²) in [5, 5.41) is 27.3. The Kier molecular flexibility index (Phi) is 9.32. The lowest BCUT2D eigenvalue weighted by Gasteiger charge is -2.71. The van der Waals surface area contributed by atoms with Gasteiger partial charge in [-0.2, -0.15) is 0 Å². The van der Waals surface area contributed by atoms with E-state index in [0.717, 1.165) is 90.1 Å². The van der Waals surface area contributed by atoms with Crippen LogP contribution in [0.4, 0.5) is 26.3 Å². The van der Waals surface area contributed by atoms with Gasteiger partial charge in [-0.15, -0.1) is 33.9 Å². The minimum Gasteiger partial charge on any atom is -0.491 e. The van der Waals surface area contributed by atoms with E-state index >= 15 is 4.39 Å². The molecule has 0 saturated heterocycles. The predicted octanol–water partition coefficient (Wildman–Crippen LogP) is 7.95. The maximum absolute atomic E-state index is 15.2. The number of unbranched alkanes of at least 4 members (excludes halogenated alkanes) is 1. The van der Waals surface area contributed by atoms with Gasteiger partial charge in [-0.3, -0.25) is 0 Å². The lowest BCUT2D eigenvalue weighted by atomic mass is 9.33. The number of thiazole rings is 2. The smallest absolute Gasteiger partial charge is 0.355 e. The Balaban J connectivity index is 0.881. The number of ether oxygens (including phenoxy) is 1. The summed E-state index contributed by atoms with van der Waals surface area (Å²) < 4.78 is 22.1. The van der Waals surface area contributed by atoms with Gasteiger partial charge in [-0.05, 0) is 105 Å². The van der Waals surface area contributed by atoms with Gasteiger partial charge in [-0.25, -0.2) is 19.2 Å². The molecule has 268 valence electrons. The maximum atomic E-state index is 15.2. The Morgan fingerprint density at radius 2 is 1.98 bits per heavy atom. The van der Waals surface area contributed by atoms with Crippen LogP contribution >= 0.6 is 22.7 Å². The van der Waals surface area contributed by atoms with Crippen LogP contribution in [0, 0.1) is 30.5 Å². The van der Waals surface area contributed by atoms with Gasteiger partial charge in [0.25, 0.3) is 0 Å². The Morgan fingerprint density at radius 3 is 2.77 bits per heavy atom. The van der Waals surface area contributed by atoms with E-state index in [0.29, 0.717) is 46.4 Å². The summed E-state index contributed by atoms with van der Waals surface area (Å²) in [6.45, 7) is 4.87. The first kappa shape index (κ1) is 34.4. The average molecular weight is 738 g/mol. The molecule has 52 heavy (non-hydrogen) atoms. The average Bonchev–Trinajstić information content (AvgIpc) is 3.73. The van der Waals surface area contributed by atoms with Crippen LogP contribution < -0.4 is 20.3 Å². The van der Waals surface area contributed by atoms with E-state index in [2.05, 4.69) is 36.7 Å². The molecular weight excluding hydrogens is 698 g/mol. The van der Waals surface area contributed by atoms with Crippen molar-refractivity contribution < 1.29 is 19.0 Å². The number of hydrogen-bond donors (Lipinski definition) is 3. The van der Waals surface area contributed by atoms with Gasteiger partial charge in [0.15, 0.2) is 39.2 Å². The number of para-hydroxylation sites is 1. The summed E-state index contributed by atoms with van der Waals surface area (Å²) in [6, 6.07) is 13.4. The summed E-state index contributed by atoms with van der Waals surface area (Å²) in [6.07, 6.45) is 13.0. The van der Waals surface area contributed by atoms with Crippen molar-refractivity contribution in [3.8, 4) is 18.1 Å². The van der Waals surface area contributed by atoms with Gasteiger partial charge in [0.2, 0.25) is 0 Å². The number of nitrogens with one attached hydrogen (secondary N) is 2. The number of halogens is 1. The number of carbonyl (C=O) groups is 1. The molecule has 4 aliphatic rings. The number of anilines is 4. The predicted molar refractivity (Wildman–Crippen MR) is 203 cm³/mol. The summed E-state index contributed by atoms with van der Waals surface area (Å²) >= 11 is 2.91. The third kappa shape index (κ3) is 6.48. The lowest BCUT2D eigenvalue weighted by Crippen LogP contribution is -2.67. The number of terminal acetylenes is 1. The monoisotopic (exact) mass is 737 g/mol. The quantitative estimate of drug-likeness (QED) is 0.0720. The first-order chi connectivity index (χ1) is 25.3. The molecule has 3 saturated carbocycles. The molecule has 1 aliphatic heterocycles. The summed E-state index contributed by atoms with van der Waals surface area (Å²) in [7, 11) is 0. The third-order valence-corrected chi connectivity index (χ3v) is 12.8. The van der Waals surface area contributed by atoms with Crippen molar-refractivity contribution in [3.63, 3.8) is 0 Å². The van der Waals surface area contributed by atoms with E-state index in [9.17, 15) is 9.90 Å². The van der Waals surface area contributed by atoms with E-state index in [1.54, 1.807) is 23.5 Å². The number of benzene rings is 2. The van der Waals surface area contributed by atoms with Crippen LogP contribution in [0.5, 0.6) is 5.75 Å². The van der Waals surface area contributed by atoms with Crippen LogP contribution in [0.1, 0.15) is 77.0 Å². The van der Waals surface area contributed by atoms with Crippen molar-refractivity contribution in [2.24, 2.45) is 5.41 Å². The summed E-state index contributed by atoms with van der Waals surface area (Å²) in [5.74, 6) is 2.82. The zero-order valence-corrected chi connectivity index (χ0v) is 30.6. The minimum absolute atomic E-state index is 0.0283. The summed E-state index contributed by atoms with van der Waals surface area (Å²) in [4.78, 5) is 24.1. The standard InChI is InChI=1S/C39H40FN7O3S2/c1-3-4-7-16-41-23-38-20-39(21-38,22-38)25-14-15-29(27(40)19-25)50-18-9-13-31-32(35(48)49)43-37(52-31)47-17-8-10-26-24(2)33(45-46-34(26)47)44-36-42-28-11-5-6-12-30(28)51-36/h1,5-6,11-12,14-15,19,41H,4,7-10,13,16-18,20-23H2,2H3,(H,48,49)(H,42,44,45). The van der Waals surface area contributed by atoms with Crippen LogP contribution in [-0.2, 0) is 18.3 Å². The zero-order chi connectivity index (χ0) is 35.9. The van der Waals surface area contributed by atoms with Crippen molar-refractivity contribution in [1.82, 2.24) is 25.5 Å². The molecule has 4 heterocycles. The van der Waals surface area contributed by atoms with E-state index in [4.69, 9.17) is 11.2 Å². The molecule has 10 nitrogen and oxygen atoms in total. The van der Waals surface area contributed by atoms with Crippen molar-refractivity contribution in [3.05, 3.63) is 75.5 Å². The third-order valence-electron chi connectivity index (χ3n) is 10.7. The fourth-order valence-electron chi connectivity index (χ4n) is 8.23. The molecule has 0 radical (unpaired) electrons. The fourth-order valence-corrected chi connectivity index (χ4v) is 10.2. The molecule has 3 N–H and O–H groups in total. The van der Waals surface area contributed by atoms with Gasteiger partial charge >= 0.3 is 5.97 Å². The van der Waals surface area contributed by atoms with Gasteiger partial charge < -0.3 is 25.4 Å². The van der Waals surface area contributed by atoms with Gasteiger partial charge in [-0.1, -0.05) is 29.5 Å². The van der Waals surface area contributed by atoms with Crippen LogP contribution in [0.15, 0.2) is 42.5 Å². The van der Waals surface area contributed by atoms with Crippen LogP contribution in [0.3, 0.4) is 0 Å². The number of carboxylic acids is 1. The number of rotatable bonds is 15. The van der Waals surface area contributed by atoms with Gasteiger partial charge in [0, 0.05) is 35.5 Å². The number of nitrogens with zero attached hydrogens (tertiary/aromatic N) is 5. The molecule has 0 spiro atoms. The topological polar surface area (TPSA) is 125 Å². The molecule has 3 fully saturated rings. The second kappa shape index (κ2) is 14.1. The highest BCUT2D eigenvalue weighted by molar-refractivity contribution is 7.22. The zero-order valence-electron chi connectivity index (χ0n) is 29.0.